The van der Waals surface area contributed by atoms with E-state index in [9.17, 15) is 0 Å². The van der Waals surface area contributed by atoms with Crippen LogP contribution >= 0.6 is 0 Å². The first-order valence-electron chi connectivity index (χ1n) is 9.10. The summed E-state index contributed by atoms with van der Waals surface area (Å²) < 4.78 is 1.94. The highest BCUT2D eigenvalue weighted by atomic mass is 15.3. The Labute approximate surface area is 161 Å². The van der Waals surface area contributed by atoms with Crippen molar-refractivity contribution in [2.45, 2.75) is 20.4 Å². The molecule has 7 nitrogen and oxygen atoms in total. The molecule has 0 aliphatic heterocycles. The van der Waals surface area contributed by atoms with E-state index in [1.807, 2.05) is 30.2 Å². The maximum atomic E-state index is 4.83. The highest BCUT2D eigenvalue weighted by molar-refractivity contribution is 5.91. The van der Waals surface area contributed by atoms with Gasteiger partial charge in [-0.15, -0.1) is 0 Å². The van der Waals surface area contributed by atoms with Crippen LogP contribution in [0.5, 0.6) is 0 Å². The Morgan fingerprint density at radius 2 is 2.00 bits per heavy atom. The zero-order valence-corrected chi connectivity index (χ0v) is 15.6. The van der Waals surface area contributed by atoms with Crippen molar-refractivity contribution >= 4 is 11.2 Å². The number of aryl methyl sites for hydroxylation is 2. The zero-order chi connectivity index (χ0) is 19.1. The van der Waals surface area contributed by atoms with Crippen LogP contribution in [0.1, 0.15) is 16.8 Å². The summed E-state index contributed by atoms with van der Waals surface area (Å²) in [7, 11) is 0. The molecule has 0 bridgehead atoms. The van der Waals surface area contributed by atoms with Crippen LogP contribution in [-0.4, -0.2) is 34.9 Å². The van der Waals surface area contributed by atoms with Gasteiger partial charge in [0.25, 0.3) is 0 Å². The molecule has 4 aromatic heterocycles. The highest BCUT2D eigenvalue weighted by Gasteiger charge is 2.14. The first-order chi connectivity index (χ1) is 13.7. The Morgan fingerprint density at radius 1 is 1.07 bits per heavy atom. The molecule has 5 aromatic rings. The van der Waals surface area contributed by atoms with E-state index in [1.165, 1.54) is 11.1 Å². The largest absolute Gasteiger partial charge is 0.344 e. The van der Waals surface area contributed by atoms with Gasteiger partial charge in [-0.3, -0.25) is 9.78 Å². The highest BCUT2D eigenvalue weighted by Crippen LogP contribution is 2.28. The summed E-state index contributed by atoms with van der Waals surface area (Å²) in [5.74, 6) is 0. The van der Waals surface area contributed by atoms with Gasteiger partial charge in [-0.25, -0.2) is 9.97 Å². The van der Waals surface area contributed by atoms with Crippen molar-refractivity contribution in [3.63, 3.8) is 0 Å². The van der Waals surface area contributed by atoms with Crippen LogP contribution in [0.3, 0.4) is 0 Å². The van der Waals surface area contributed by atoms with E-state index in [-0.39, 0.29) is 0 Å². The Bertz CT molecular complexity index is 1270. The van der Waals surface area contributed by atoms with E-state index in [0.29, 0.717) is 0 Å². The summed E-state index contributed by atoms with van der Waals surface area (Å²) >= 11 is 0. The molecule has 7 heteroatoms. The molecule has 0 fully saturated rings. The number of aromatic amines is 2. The predicted molar refractivity (Wildman–Crippen MR) is 108 cm³/mol. The van der Waals surface area contributed by atoms with Gasteiger partial charge in [-0.05, 0) is 19.4 Å². The Hall–Kier alpha value is -3.74. The van der Waals surface area contributed by atoms with Crippen molar-refractivity contribution in [3.05, 3.63) is 72.1 Å². The molecule has 0 saturated heterocycles. The third kappa shape index (κ3) is 2.87. The van der Waals surface area contributed by atoms with Crippen molar-refractivity contribution in [2.24, 2.45) is 0 Å². The second kappa shape index (κ2) is 6.45. The molecular weight excluding hydrogens is 350 g/mol. The van der Waals surface area contributed by atoms with Gasteiger partial charge < -0.3 is 4.98 Å². The standard InChI is InChI=1S/C21H19N7/c1-13-4-3-5-15(6-13)11-28-12-16(7-25-28)18-8-22-21-20(18)26-19(10-23-21)17-9-24-27-14(17)2/h3-10,12H,11H2,1-2H3,(H,22,23)(H,24,27). The first kappa shape index (κ1) is 16.4. The van der Waals surface area contributed by atoms with E-state index >= 15 is 0 Å². The van der Waals surface area contributed by atoms with Crippen molar-refractivity contribution < 1.29 is 0 Å². The second-order valence-corrected chi connectivity index (χ2v) is 6.98. The number of H-pyrrole nitrogens is 2. The fourth-order valence-electron chi connectivity index (χ4n) is 3.44. The SMILES string of the molecule is Cc1cccc(Cn2cc(-c3c[nH]c4ncc(-c5cn[nH]c5C)nc34)cn2)c1. The molecule has 0 unspecified atom stereocenters. The van der Waals surface area contributed by atoms with E-state index in [0.717, 1.165) is 45.8 Å². The molecule has 0 amide bonds. The fourth-order valence-corrected chi connectivity index (χ4v) is 3.44. The number of rotatable bonds is 4. The van der Waals surface area contributed by atoms with Gasteiger partial charge in [0.15, 0.2) is 5.65 Å². The molecule has 28 heavy (non-hydrogen) atoms. The number of benzene rings is 1. The molecule has 138 valence electrons. The second-order valence-electron chi connectivity index (χ2n) is 6.98. The molecular formula is C21H19N7. The summed E-state index contributed by atoms with van der Waals surface area (Å²) in [6.07, 6.45) is 9.39. The summed E-state index contributed by atoms with van der Waals surface area (Å²) in [4.78, 5) is 12.6. The lowest BCUT2D eigenvalue weighted by Crippen LogP contribution is -1.99. The number of hydrogen-bond acceptors (Lipinski definition) is 4. The van der Waals surface area contributed by atoms with E-state index in [1.54, 1.807) is 12.4 Å². The van der Waals surface area contributed by atoms with Gasteiger partial charge in [-0.2, -0.15) is 10.2 Å². The van der Waals surface area contributed by atoms with Gasteiger partial charge in [0.05, 0.1) is 30.8 Å². The van der Waals surface area contributed by atoms with Crippen LogP contribution in [0.15, 0.2) is 55.2 Å². The van der Waals surface area contributed by atoms with Crippen molar-refractivity contribution in [2.75, 3.05) is 0 Å². The number of nitrogens with one attached hydrogen (secondary N) is 2. The van der Waals surface area contributed by atoms with Crippen LogP contribution < -0.4 is 0 Å². The number of hydrogen-bond donors (Lipinski definition) is 2. The summed E-state index contributed by atoms with van der Waals surface area (Å²) in [5, 5.41) is 11.6. The minimum absolute atomic E-state index is 0.731. The van der Waals surface area contributed by atoms with Crippen LogP contribution in [0.4, 0.5) is 0 Å². The smallest absolute Gasteiger partial charge is 0.156 e. The fraction of sp³-hybridized carbons (Fsp3) is 0.143. The quantitative estimate of drug-likeness (QED) is 0.503. The van der Waals surface area contributed by atoms with Crippen molar-refractivity contribution in [1.29, 1.82) is 0 Å². The van der Waals surface area contributed by atoms with Gasteiger partial charge in [-0.1, -0.05) is 29.8 Å². The van der Waals surface area contributed by atoms with Gasteiger partial charge >= 0.3 is 0 Å². The summed E-state index contributed by atoms with van der Waals surface area (Å²) in [6.45, 7) is 4.80. The van der Waals surface area contributed by atoms with E-state index in [4.69, 9.17) is 4.98 Å². The van der Waals surface area contributed by atoms with Gasteiger partial charge in [0.1, 0.15) is 5.52 Å². The topological polar surface area (TPSA) is 88.1 Å². The van der Waals surface area contributed by atoms with Crippen molar-refractivity contribution in [3.8, 4) is 22.4 Å². The summed E-state index contributed by atoms with van der Waals surface area (Å²) in [6, 6.07) is 8.47. The monoisotopic (exact) mass is 369 g/mol. The number of fused-ring (bicyclic) bond motifs is 1. The predicted octanol–water partition coefficient (Wildman–Crippen LogP) is 3.88. The van der Waals surface area contributed by atoms with Gasteiger partial charge in [0.2, 0.25) is 0 Å². The maximum Gasteiger partial charge on any atom is 0.156 e. The first-order valence-corrected chi connectivity index (χ1v) is 9.10. The van der Waals surface area contributed by atoms with E-state index < -0.39 is 0 Å². The zero-order valence-electron chi connectivity index (χ0n) is 15.6. The third-order valence-corrected chi connectivity index (χ3v) is 4.86. The normalized spacial score (nSPS) is 11.4. The average Bonchev–Trinajstić information content (AvgIpc) is 3.40. The molecule has 0 atom stereocenters. The van der Waals surface area contributed by atoms with Crippen LogP contribution in [-0.2, 0) is 6.54 Å². The van der Waals surface area contributed by atoms with Crippen LogP contribution in [0, 0.1) is 13.8 Å². The lowest BCUT2D eigenvalue weighted by molar-refractivity contribution is 0.686. The third-order valence-electron chi connectivity index (χ3n) is 4.86. The molecule has 5 rings (SSSR count). The minimum Gasteiger partial charge on any atom is -0.344 e. The Balaban J connectivity index is 1.51. The van der Waals surface area contributed by atoms with Gasteiger partial charge in [0, 0.05) is 34.8 Å². The number of nitrogens with zero attached hydrogens (tertiary/aromatic N) is 5. The average molecular weight is 369 g/mol. The molecule has 0 aliphatic rings. The lowest BCUT2D eigenvalue weighted by Gasteiger charge is -2.03. The number of aromatic nitrogens is 7. The van der Waals surface area contributed by atoms with Crippen LogP contribution in [0.2, 0.25) is 0 Å². The van der Waals surface area contributed by atoms with Crippen molar-refractivity contribution in [1.82, 2.24) is 34.9 Å². The molecule has 0 spiro atoms. The molecule has 2 N–H and O–H groups in total. The minimum atomic E-state index is 0.731. The molecule has 0 aliphatic carbocycles. The molecule has 0 saturated carbocycles. The van der Waals surface area contributed by atoms with Crippen LogP contribution in [0.25, 0.3) is 33.5 Å². The Kier molecular flexibility index (Phi) is 3.79. The van der Waals surface area contributed by atoms with E-state index in [2.05, 4.69) is 56.5 Å². The lowest BCUT2D eigenvalue weighted by atomic mass is 10.1. The molecule has 0 radical (unpaired) electrons. The molecule has 1 aromatic carbocycles. The molecule has 4 heterocycles. The Morgan fingerprint density at radius 3 is 2.82 bits per heavy atom. The summed E-state index contributed by atoms with van der Waals surface area (Å²) in [5.41, 5.74) is 8.78. The maximum absolute atomic E-state index is 4.83.